The molecular formula is C10H17N3O2. The van der Waals surface area contributed by atoms with Crippen molar-refractivity contribution >= 4 is 5.82 Å². The van der Waals surface area contributed by atoms with Crippen LogP contribution in [-0.4, -0.2) is 27.8 Å². The fourth-order valence-electron chi connectivity index (χ4n) is 1.15. The van der Waals surface area contributed by atoms with Crippen LogP contribution in [-0.2, 0) is 6.54 Å². The van der Waals surface area contributed by atoms with Crippen molar-refractivity contribution in [3.05, 3.63) is 22.7 Å². The number of rotatable bonds is 5. The van der Waals surface area contributed by atoms with Gasteiger partial charge in [0, 0.05) is 32.1 Å². The summed E-state index contributed by atoms with van der Waals surface area (Å²) in [6, 6.07) is 0. The van der Waals surface area contributed by atoms with Crippen LogP contribution in [0.2, 0.25) is 0 Å². The molecule has 1 heterocycles. The fraction of sp³-hybridized carbons (Fsp3) is 0.600. The topological polar surface area (TPSA) is 67.2 Å². The van der Waals surface area contributed by atoms with E-state index in [1.807, 2.05) is 13.8 Å². The van der Waals surface area contributed by atoms with Gasteiger partial charge < -0.3 is 15.0 Å². The summed E-state index contributed by atoms with van der Waals surface area (Å²) in [7, 11) is 0. The first-order valence-corrected chi connectivity index (χ1v) is 5.09. The monoisotopic (exact) mass is 211 g/mol. The van der Waals surface area contributed by atoms with Crippen LogP contribution in [0.25, 0.3) is 0 Å². The van der Waals surface area contributed by atoms with Crippen LogP contribution >= 0.6 is 0 Å². The molecular weight excluding hydrogens is 194 g/mol. The molecule has 0 aromatic carbocycles. The molecule has 15 heavy (non-hydrogen) atoms. The first kappa shape index (κ1) is 11.7. The maximum Gasteiger partial charge on any atom is 0.293 e. The molecule has 0 aliphatic carbocycles. The van der Waals surface area contributed by atoms with Gasteiger partial charge in [-0.1, -0.05) is 6.92 Å². The Morgan fingerprint density at radius 2 is 2.40 bits per heavy atom. The number of aromatic nitrogens is 2. The van der Waals surface area contributed by atoms with Crippen LogP contribution in [0, 0.1) is 5.92 Å². The zero-order valence-electron chi connectivity index (χ0n) is 9.10. The minimum atomic E-state index is -0.120. The number of nitrogens with one attached hydrogen (secondary N) is 1. The van der Waals surface area contributed by atoms with E-state index in [-0.39, 0.29) is 18.1 Å². The highest BCUT2D eigenvalue weighted by Crippen LogP contribution is 1.97. The molecule has 0 aliphatic rings. The maximum atomic E-state index is 11.7. The van der Waals surface area contributed by atoms with E-state index < -0.39 is 0 Å². The quantitative estimate of drug-likeness (QED) is 0.735. The molecule has 2 N–H and O–H groups in total. The molecule has 0 radical (unpaired) electrons. The predicted molar refractivity (Wildman–Crippen MR) is 58.9 cm³/mol. The maximum absolute atomic E-state index is 11.7. The Balaban J connectivity index is 2.73. The van der Waals surface area contributed by atoms with Gasteiger partial charge in [-0.15, -0.1) is 0 Å². The number of aliphatic hydroxyl groups excluding tert-OH is 1. The minimum absolute atomic E-state index is 0.0990. The van der Waals surface area contributed by atoms with Gasteiger partial charge in [0.15, 0.2) is 5.82 Å². The third-order valence-corrected chi connectivity index (χ3v) is 2.18. The van der Waals surface area contributed by atoms with E-state index in [2.05, 4.69) is 10.3 Å². The second-order valence-corrected chi connectivity index (χ2v) is 3.54. The molecule has 0 saturated heterocycles. The normalized spacial score (nSPS) is 12.5. The Hall–Kier alpha value is -1.36. The first-order chi connectivity index (χ1) is 7.19. The number of nitrogens with zero attached hydrogens (tertiary/aromatic N) is 2. The molecule has 0 saturated carbocycles. The highest BCUT2D eigenvalue weighted by atomic mass is 16.3. The SMILES string of the molecule is CCn1ccnc(NCC(C)CO)c1=O. The van der Waals surface area contributed by atoms with Crippen molar-refractivity contribution in [2.75, 3.05) is 18.5 Å². The van der Waals surface area contributed by atoms with Gasteiger partial charge in [0.05, 0.1) is 0 Å². The van der Waals surface area contributed by atoms with E-state index in [0.29, 0.717) is 18.9 Å². The van der Waals surface area contributed by atoms with Gasteiger partial charge >= 0.3 is 0 Å². The number of hydrogen-bond acceptors (Lipinski definition) is 4. The lowest BCUT2D eigenvalue weighted by Gasteiger charge is -2.10. The van der Waals surface area contributed by atoms with Crippen molar-refractivity contribution in [1.82, 2.24) is 9.55 Å². The van der Waals surface area contributed by atoms with Gasteiger partial charge in [-0.3, -0.25) is 4.79 Å². The molecule has 84 valence electrons. The molecule has 0 bridgehead atoms. The van der Waals surface area contributed by atoms with E-state index in [0.717, 1.165) is 0 Å². The fourth-order valence-corrected chi connectivity index (χ4v) is 1.15. The number of anilines is 1. The van der Waals surface area contributed by atoms with Crippen LogP contribution < -0.4 is 10.9 Å². The molecule has 0 spiro atoms. The Bertz CT molecular complexity index is 362. The Labute approximate surface area is 88.8 Å². The van der Waals surface area contributed by atoms with Crippen LogP contribution in [0.5, 0.6) is 0 Å². The van der Waals surface area contributed by atoms with Gasteiger partial charge in [-0.2, -0.15) is 0 Å². The lowest BCUT2D eigenvalue weighted by molar-refractivity contribution is 0.244. The second kappa shape index (κ2) is 5.50. The number of hydrogen-bond donors (Lipinski definition) is 2. The average molecular weight is 211 g/mol. The second-order valence-electron chi connectivity index (χ2n) is 3.54. The molecule has 1 atom stereocenters. The first-order valence-electron chi connectivity index (χ1n) is 5.09. The summed E-state index contributed by atoms with van der Waals surface area (Å²) in [6.45, 7) is 5.08. The molecule has 5 heteroatoms. The molecule has 1 rings (SSSR count). The molecule has 5 nitrogen and oxygen atoms in total. The average Bonchev–Trinajstić information content (AvgIpc) is 2.27. The van der Waals surface area contributed by atoms with E-state index in [1.165, 1.54) is 0 Å². The van der Waals surface area contributed by atoms with Crippen molar-refractivity contribution in [1.29, 1.82) is 0 Å². The molecule has 0 aliphatic heterocycles. The highest BCUT2D eigenvalue weighted by molar-refractivity contribution is 5.30. The third kappa shape index (κ3) is 3.06. The summed E-state index contributed by atoms with van der Waals surface area (Å²) >= 11 is 0. The Morgan fingerprint density at radius 3 is 3.00 bits per heavy atom. The van der Waals surface area contributed by atoms with E-state index in [9.17, 15) is 4.79 Å². The lowest BCUT2D eigenvalue weighted by atomic mass is 10.2. The van der Waals surface area contributed by atoms with Crippen molar-refractivity contribution in [2.45, 2.75) is 20.4 Å². The third-order valence-electron chi connectivity index (χ3n) is 2.18. The minimum Gasteiger partial charge on any atom is -0.396 e. The molecule has 1 aromatic rings. The van der Waals surface area contributed by atoms with Crippen LogP contribution in [0.4, 0.5) is 5.82 Å². The molecule has 1 unspecified atom stereocenters. The van der Waals surface area contributed by atoms with Crippen LogP contribution in [0.15, 0.2) is 17.2 Å². The standard InChI is InChI=1S/C10H17N3O2/c1-3-13-5-4-11-9(10(13)15)12-6-8(2)7-14/h4-5,8,14H,3,6-7H2,1-2H3,(H,11,12). The zero-order valence-corrected chi connectivity index (χ0v) is 9.10. The number of aryl methyl sites for hydroxylation is 1. The van der Waals surface area contributed by atoms with Crippen molar-refractivity contribution in [3.63, 3.8) is 0 Å². The smallest absolute Gasteiger partial charge is 0.293 e. The van der Waals surface area contributed by atoms with Crippen molar-refractivity contribution in [3.8, 4) is 0 Å². The largest absolute Gasteiger partial charge is 0.396 e. The van der Waals surface area contributed by atoms with Crippen LogP contribution in [0.3, 0.4) is 0 Å². The van der Waals surface area contributed by atoms with Gasteiger partial charge in [0.2, 0.25) is 0 Å². The number of aliphatic hydroxyl groups is 1. The summed E-state index contributed by atoms with van der Waals surface area (Å²) in [4.78, 5) is 15.6. The van der Waals surface area contributed by atoms with E-state index in [4.69, 9.17) is 5.11 Å². The molecule has 1 aromatic heterocycles. The summed E-state index contributed by atoms with van der Waals surface area (Å²) in [5.41, 5.74) is -0.120. The van der Waals surface area contributed by atoms with Gasteiger partial charge in [-0.25, -0.2) is 4.98 Å². The Morgan fingerprint density at radius 1 is 1.67 bits per heavy atom. The van der Waals surface area contributed by atoms with Gasteiger partial charge in [0.25, 0.3) is 5.56 Å². The summed E-state index contributed by atoms with van der Waals surface area (Å²) in [6.07, 6.45) is 3.25. The summed E-state index contributed by atoms with van der Waals surface area (Å²) < 4.78 is 1.58. The zero-order chi connectivity index (χ0) is 11.3. The summed E-state index contributed by atoms with van der Waals surface area (Å²) in [5, 5.41) is 11.8. The van der Waals surface area contributed by atoms with Gasteiger partial charge in [-0.05, 0) is 12.8 Å². The predicted octanol–water partition coefficient (Wildman–Crippen LogP) is 0.303. The molecule has 0 amide bonds. The highest BCUT2D eigenvalue weighted by Gasteiger charge is 2.05. The molecule has 0 fully saturated rings. The Kier molecular flexibility index (Phi) is 4.30. The van der Waals surface area contributed by atoms with E-state index in [1.54, 1.807) is 17.0 Å². The van der Waals surface area contributed by atoms with E-state index >= 15 is 0 Å². The van der Waals surface area contributed by atoms with Crippen LogP contribution in [0.1, 0.15) is 13.8 Å². The van der Waals surface area contributed by atoms with Gasteiger partial charge in [0.1, 0.15) is 0 Å². The lowest BCUT2D eigenvalue weighted by Crippen LogP contribution is -2.26. The van der Waals surface area contributed by atoms with Crippen molar-refractivity contribution in [2.24, 2.45) is 5.92 Å². The van der Waals surface area contributed by atoms with Crippen molar-refractivity contribution < 1.29 is 5.11 Å². The summed E-state index contributed by atoms with van der Waals surface area (Å²) in [5.74, 6) is 0.459.